The first-order chi connectivity index (χ1) is 7.70. The van der Waals surface area contributed by atoms with Crippen LogP contribution in [-0.4, -0.2) is 22.7 Å². The summed E-state index contributed by atoms with van der Waals surface area (Å²) in [6, 6.07) is 1.45. The van der Waals surface area contributed by atoms with Gasteiger partial charge in [-0.05, 0) is 26.4 Å². The van der Waals surface area contributed by atoms with Crippen LogP contribution in [0.5, 0.6) is 0 Å². The van der Waals surface area contributed by atoms with Crippen LogP contribution in [0.2, 0.25) is 0 Å². The summed E-state index contributed by atoms with van der Waals surface area (Å²) in [5, 5.41) is 2.99. The van der Waals surface area contributed by atoms with Crippen molar-refractivity contribution in [3.63, 3.8) is 0 Å². The van der Waals surface area contributed by atoms with E-state index in [2.05, 4.69) is 5.32 Å². The van der Waals surface area contributed by atoms with Gasteiger partial charge in [-0.2, -0.15) is 0 Å². The third-order valence-corrected chi connectivity index (χ3v) is 2.41. The number of nitrogens with one attached hydrogen (secondary N) is 1. The van der Waals surface area contributed by atoms with Crippen molar-refractivity contribution in [2.45, 2.75) is 32.9 Å². The third-order valence-electron chi connectivity index (χ3n) is 2.41. The van der Waals surface area contributed by atoms with Gasteiger partial charge in [0.05, 0.1) is 0 Å². The lowest BCUT2D eigenvalue weighted by molar-refractivity contribution is 0.523. The van der Waals surface area contributed by atoms with Gasteiger partial charge in [0.25, 0.3) is 5.56 Å². The fourth-order valence-electron chi connectivity index (χ4n) is 1.59. The molecule has 0 fully saturated rings. The number of rotatable bonds is 6. The van der Waals surface area contributed by atoms with Crippen molar-refractivity contribution >= 4 is 0 Å². The van der Waals surface area contributed by atoms with Crippen LogP contribution < -0.4 is 16.6 Å². The van der Waals surface area contributed by atoms with E-state index < -0.39 is 0 Å². The van der Waals surface area contributed by atoms with E-state index in [0.29, 0.717) is 13.1 Å². The lowest BCUT2D eigenvalue weighted by Crippen LogP contribution is -2.39. The molecule has 1 aromatic rings. The Morgan fingerprint density at radius 2 is 2.06 bits per heavy atom. The third kappa shape index (κ3) is 3.06. The molecule has 0 aliphatic carbocycles. The van der Waals surface area contributed by atoms with Crippen LogP contribution in [0.25, 0.3) is 0 Å². The number of hydrogen-bond acceptors (Lipinski definition) is 3. The molecule has 0 aromatic carbocycles. The molecule has 0 bridgehead atoms. The predicted octanol–water partition coefficient (Wildman–Crippen LogP) is 0.0295. The molecule has 0 unspecified atom stereocenters. The van der Waals surface area contributed by atoms with Crippen molar-refractivity contribution in [3.8, 4) is 0 Å². The van der Waals surface area contributed by atoms with E-state index >= 15 is 0 Å². The van der Waals surface area contributed by atoms with E-state index in [1.54, 1.807) is 10.8 Å². The van der Waals surface area contributed by atoms with Gasteiger partial charge in [0.1, 0.15) is 0 Å². The molecule has 0 aliphatic heterocycles. The molecule has 5 heteroatoms. The Morgan fingerprint density at radius 1 is 1.31 bits per heavy atom. The molecule has 0 spiro atoms. The largest absolute Gasteiger partial charge is 0.330 e. The quantitative estimate of drug-likeness (QED) is 0.695. The van der Waals surface area contributed by atoms with E-state index in [4.69, 9.17) is 0 Å². The topological polar surface area (TPSA) is 56.0 Å². The molecule has 0 saturated carbocycles. The van der Waals surface area contributed by atoms with Crippen LogP contribution in [0.4, 0.5) is 0 Å². The second-order valence-corrected chi connectivity index (χ2v) is 3.74. The number of hydrogen-bond donors (Lipinski definition) is 1. The highest BCUT2D eigenvalue weighted by Crippen LogP contribution is 1.85. The minimum Gasteiger partial charge on any atom is -0.320 e. The maximum absolute atomic E-state index is 11.9. The maximum atomic E-state index is 11.9. The van der Waals surface area contributed by atoms with Gasteiger partial charge in [0.15, 0.2) is 0 Å². The van der Waals surface area contributed by atoms with Crippen molar-refractivity contribution in [1.29, 1.82) is 0 Å². The summed E-state index contributed by atoms with van der Waals surface area (Å²) in [5.74, 6) is 0. The zero-order chi connectivity index (χ0) is 12.0. The first-order valence-corrected chi connectivity index (χ1v) is 5.65. The molecular formula is C11H19N3O2. The Balaban J connectivity index is 2.93. The summed E-state index contributed by atoms with van der Waals surface area (Å²) in [7, 11) is 1.85. The normalized spacial score (nSPS) is 10.6. The molecule has 1 N–H and O–H groups in total. The highest BCUT2D eigenvalue weighted by Gasteiger charge is 2.03. The van der Waals surface area contributed by atoms with Crippen LogP contribution in [-0.2, 0) is 13.1 Å². The van der Waals surface area contributed by atoms with Crippen LogP contribution in [0.1, 0.15) is 19.8 Å². The van der Waals surface area contributed by atoms with Crippen molar-refractivity contribution < 1.29 is 0 Å². The smallest absolute Gasteiger partial charge is 0.320 e. The summed E-state index contributed by atoms with van der Waals surface area (Å²) in [5.41, 5.74) is -0.418. The number of nitrogens with zero attached hydrogens (tertiary/aromatic N) is 2. The molecule has 0 radical (unpaired) electrons. The van der Waals surface area contributed by atoms with E-state index in [1.807, 2.05) is 14.0 Å². The first kappa shape index (κ1) is 12.7. The maximum Gasteiger partial charge on any atom is 0.330 e. The van der Waals surface area contributed by atoms with Crippen molar-refractivity contribution in [2.75, 3.05) is 13.6 Å². The van der Waals surface area contributed by atoms with Gasteiger partial charge in [-0.3, -0.25) is 9.36 Å². The van der Waals surface area contributed by atoms with Crippen LogP contribution in [0.3, 0.4) is 0 Å². The second kappa shape index (κ2) is 6.27. The van der Waals surface area contributed by atoms with E-state index in [-0.39, 0.29) is 11.2 Å². The Labute approximate surface area is 94.7 Å². The van der Waals surface area contributed by atoms with E-state index in [9.17, 15) is 9.59 Å². The standard InChI is InChI=1S/C11H19N3O2/c1-3-7-13-9-5-10(15)14(11(13)16)8-4-6-12-2/h5,9,12H,3-4,6-8H2,1-2H3. The van der Waals surface area contributed by atoms with Gasteiger partial charge in [-0.25, -0.2) is 4.79 Å². The summed E-state index contributed by atoms with van der Waals surface area (Å²) >= 11 is 0. The lowest BCUT2D eigenvalue weighted by atomic mass is 10.4. The predicted molar refractivity (Wildman–Crippen MR) is 63.8 cm³/mol. The average molecular weight is 225 g/mol. The minimum absolute atomic E-state index is 0.203. The summed E-state index contributed by atoms with van der Waals surface area (Å²) < 4.78 is 2.88. The SMILES string of the molecule is CCCn1ccc(=O)n(CCCNC)c1=O. The van der Waals surface area contributed by atoms with Crippen LogP contribution >= 0.6 is 0 Å². The van der Waals surface area contributed by atoms with Gasteiger partial charge in [0, 0.05) is 25.4 Å². The fraction of sp³-hybridized carbons (Fsp3) is 0.636. The van der Waals surface area contributed by atoms with E-state index in [0.717, 1.165) is 19.4 Å². The van der Waals surface area contributed by atoms with Crippen LogP contribution in [0.15, 0.2) is 21.9 Å². The zero-order valence-corrected chi connectivity index (χ0v) is 9.90. The van der Waals surface area contributed by atoms with Crippen molar-refractivity contribution in [3.05, 3.63) is 33.1 Å². The molecule has 0 atom stereocenters. The molecule has 1 heterocycles. The minimum atomic E-state index is -0.214. The molecular weight excluding hydrogens is 206 g/mol. The van der Waals surface area contributed by atoms with Crippen molar-refractivity contribution in [1.82, 2.24) is 14.5 Å². The molecule has 0 amide bonds. The molecule has 0 saturated heterocycles. The Kier molecular flexibility index (Phi) is 4.98. The summed E-state index contributed by atoms with van der Waals surface area (Å²) in [6.45, 7) is 3.94. The van der Waals surface area contributed by atoms with Gasteiger partial charge in [-0.15, -0.1) is 0 Å². The fourth-order valence-corrected chi connectivity index (χ4v) is 1.59. The van der Waals surface area contributed by atoms with Gasteiger partial charge >= 0.3 is 5.69 Å². The monoisotopic (exact) mass is 225 g/mol. The average Bonchev–Trinajstić information content (AvgIpc) is 2.27. The molecule has 1 rings (SSSR count). The molecule has 5 nitrogen and oxygen atoms in total. The first-order valence-electron chi connectivity index (χ1n) is 5.65. The Hall–Kier alpha value is -1.36. The molecule has 0 aliphatic rings. The Morgan fingerprint density at radius 3 is 2.69 bits per heavy atom. The number of aromatic nitrogens is 2. The molecule has 1 aromatic heterocycles. The summed E-state index contributed by atoms with van der Waals surface area (Å²) in [4.78, 5) is 23.4. The van der Waals surface area contributed by atoms with Crippen LogP contribution in [0, 0.1) is 0 Å². The zero-order valence-electron chi connectivity index (χ0n) is 9.90. The highest BCUT2D eigenvalue weighted by molar-refractivity contribution is 4.86. The van der Waals surface area contributed by atoms with Crippen molar-refractivity contribution in [2.24, 2.45) is 0 Å². The lowest BCUT2D eigenvalue weighted by Gasteiger charge is -2.08. The van der Waals surface area contributed by atoms with Gasteiger partial charge in [0.2, 0.25) is 0 Å². The second-order valence-electron chi connectivity index (χ2n) is 3.74. The van der Waals surface area contributed by atoms with E-state index in [1.165, 1.54) is 10.6 Å². The Bertz CT molecular complexity index is 434. The van der Waals surface area contributed by atoms with Gasteiger partial charge < -0.3 is 9.88 Å². The highest BCUT2D eigenvalue weighted by atomic mass is 16.2. The molecule has 16 heavy (non-hydrogen) atoms. The van der Waals surface area contributed by atoms with Gasteiger partial charge in [-0.1, -0.05) is 6.92 Å². The number of aryl methyl sites for hydroxylation is 1. The molecule has 90 valence electrons. The summed E-state index contributed by atoms with van der Waals surface area (Å²) in [6.07, 6.45) is 3.24.